The van der Waals surface area contributed by atoms with Gasteiger partial charge in [-0.1, -0.05) is 36.7 Å². The van der Waals surface area contributed by atoms with E-state index in [4.69, 9.17) is 11.6 Å². The number of halogens is 1. The standard InChI is InChI=1S/C18H16ClN3O4S2/c1-2-27(23,24)18-10-9-17(20-21-18)13-5-3-7-15(11-13)22-28(25,26)16-8-4-6-14(19)12-16/h3-12,22H,2H2,1H3. The van der Waals surface area contributed by atoms with Gasteiger partial charge in [0.1, 0.15) is 0 Å². The third-order valence-corrected chi connectivity index (χ3v) is 7.08. The maximum atomic E-state index is 12.5. The van der Waals surface area contributed by atoms with Gasteiger partial charge in [-0.05, 0) is 42.5 Å². The molecule has 28 heavy (non-hydrogen) atoms. The van der Waals surface area contributed by atoms with Crippen molar-refractivity contribution in [2.24, 2.45) is 0 Å². The first-order valence-electron chi connectivity index (χ1n) is 8.16. The first-order valence-corrected chi connectivity index (χ1v) is 11.7. The Kier molecular flexibility index (Phi) is 5.69. The van der Waals surface area contributed by atoms with Gasteiger partial charge in [-0.15, -0.1) is 10.2 Å². The van der Waals surface area contributed by atoms with Gasteiger partial charge in [0, 0.05) is 16.3 Å². The zero-order valence-electron chi connectivity index (χ0n) is 14.7. The van der Waals surface area contributed by atoms with Crippen molar-refractivity contribution in [1.82, 2.24) is 10.2 Å². The molecule has 0 bridgehead atoms. The second kappa shape index (κ2) is 7.86. The highest BCUT2D eigenvalue weighted by atomic mass is 35.5. The van der Waals surface area contributed by atoms with E-state index in [0.29, 0.717) is 22.0 Å². The van der Waals surface area contributed by atoms with Crippen LogP contribution in [0.25, 0.3) is 11.3 Å². The van der Waals surface area contributed by atoms with Gasteiger partial charge in [0.25, 0.3) is 10.0 Å². The fraction of sp³-hybridized carbons (Fsp3) is 0.111. The first kappa shape index (κ1) is 20.2. The summed E-state index contributed by atoms with van der Waals surface area (Å²) in [5.41, 5.74) is 1.32. The number of anilines is 1. The van der Waals surface area contributed by atoms with E-state index in [9.17, 15) is 16.8 Å². The van der Waals surface area contributed by atoms with Gasteiger partial charge in [-0.25, -0.2) is 16.8 Å². The summed E-state index contributed by atoms with van der Waals surface area (Å²) in [5, 5.41) is 7.93. The lowest BCUT2D eigenvalue weighted by molar-refractivity contribution is 0.591. The van der Waals surface area contributed by atoms with Crippen molar-refractivity contribution < 1.29 is 16.8 Å². The molecule has 3 rings (SSSR count). The molecule has 2 aromatic carbocycles. The summed E-state index contributed by atoms with van der Waals surface area (Å²) in [6, 6.07) is 15.4. The van der Waals surface area contributed by atoms with Crippen LogP contribution in [0.15, 0.2) is 70.6 Å². The Hall–Kier alpha value is -2.49. The van der Waals surface area contributed by atoms with Gasteiger partial charge in [0.05, 0.1) is 16.3 Å². The predicted octanol–water partition coefficient (Wildman–Crippen LogP) is 3.39. The molecule has 0 aliphatic heterocycles. The quantitative estimate of drug-likeness (QED) is 0.633. The van der Waals surface area contributed by atoms with Crippen molar-refractivity contribution in [2.45, 2.75) is 16.8 Å². The van der Waals surface area contributed by atoms with E-state index in [1.165, 1.54) is 31.2 Å². The Bertz CT molecular complexity index is 1210. The van der Waals surface area contributed by atoms with Gasteiger partial charge < -0.3 is 0 Å². The smallest absolute Gasteiger partial charge is 0.261 e. The molecule has 0 aliphatic carbocycles. The number of rotatable bonds is 6. The highest BCUT2D eigenvalue weighted by Gasteiger charge is 2.16. The van der Waals surface area contributed by atoms with E-state index < -0.39 is 19.9 Å². The number of aromatic nitrogens is 2. The van der Waals surface area contributed by atoms with Crippen LogP contribution in [0.2, 0.25) is 5.02 Å². The minimum absolute atomic E-state index is 0.0410. The molecule has 0 amide bonds. The molecule has 3 aromatic rings. The molecule has 1 heterocycles. The molecular formula is C18H16ClN3O4S2. The molecule has 0 saturated heterocycles. The monoisotopic (exact) mass is 437 g/mol. The number of hydrogen-bond acceptors (Lipinski definition) is 6. The number of sulfone groups is 1. The zero-order chi connectivity index (χ0) is 20.4. The molecular weight excluding hydrogens is 422 g/mol. The topological polar surface area (TPSA) is 106 Å². The zero-order valence-corrected chi connectivity index (χ0v) is 17.1. The highest BCUT2D eigenvalue weighted by Crippen LogP contribution is 2.24. The minimum atomic E-state index is -3.81. The minimum Gasteiger partial charge on any atom is -0.280 e. The van der Waals surface area contributed by atoms with Crippen LogP contribution in [-0.4, -0.2) is 32.8 Å². The van der Waals surface area contributed by atoms with Crippen LogP contribution in [0.3, 0.4) is 0 Å². The van der Waals surface area contributed by atoms with Crippen LogP contribution in [-0.2, 0) is 19.9 Å². The van der Waals surface area contributed by atoms with Crippen LogP contribution in [0.5, 0.6) is 0 Å². The van der Waals surface area contributed by atoms with Crippen LogP contribution < -0.4 is 4.72 Å². The second-order valence-corrected chi connectivity index (χ2v) is 10.1. The van der Waals surface area contributed by atoms with Crippen molar-refractivity contribution in [2.75, 3.05) is 10.5 Å². The Morgan fingerprint density at radius 3 is 2.32 bits per heavy atom. The van der Waals surface area contributed by atoms with Crippen LogP contribution in [0.1, 0.15) is 6.92 Å². The van der Waals surface area contributed by atoms with Gasteiger partial charge in [-0.3, -0.25) is 4.72 Å². The average Bonchev–Trinajstić information content (AvgIpc) is 2.68. The molecule has 0 atom stereocenters. The number of nitrogens with zero attached hydrogens (tertiary/aromatic N) is 2. The van der Waals surface area contributed by atoms with Gasteiger partial charge in [-0.2, -0.15) is 0 Å². The van der Waals surface area contributed by atoms with Crippen LogP contribution in [0, 0.1) is 0 Å². The third-order valence-electron chi connectivity index (χ3n) is 3.86. The molecule has 7 nitrogen and oxygen atoms in total. The Labute approximate surface area is 168 Å². The second-order valence-electron chi connectivity index (χ2n) is 5.80. The lowest BCUT2D eigenvalue weighted by Crippen LogP contribution is -2.12. The summed E-state index contributed by atoms with van der Waals surface area (Å²) in [6.07, 6.45) is 0. The number of nitrogens with one attached hydrogen (secondary N) is 1. The van der Waals surface area contributed by atoms with Crippen molar-refractivity contribution in [3.05, 3.63) is 65.7 Å². The van der Waals surface area contributed by atoms with Crippen molar-refractivity contribution in [3.8, 4) is 11.3 Å². The molecule has 0 fully saturated rings. The number of hydrogen-bond donors (Lipinski definition) is 1. The van der Waals surface area contributed by atoms with Gasteiger partial charge in [0.15, 0.2) is 14.9 Å². The van der Waals surface area contributed by atoms with E-state index in [2.05, 4.69) is 14.9 Å². The summed E-state index contributed by atoms with van der Waals surface area (Å²) in [5.74, 6) is -0.0677. The summed E-state index contributed by atoms with van der Waals surface area (Å²) in [4.78, 5) is 0.0410. The van der Waals surface area contributed by atoms with E-state index >= 15 is 0 Å². The summed E-state index contributed by atoms with van der Waals surface area (Å²) in [6.45, 7) is 1.53. The summed E-state index contributed by atoms with van der Waals surface area (Å²) >= 11 is 5.86. The van der Waals surface area contributed by atoms with Crippen LogP contribution in [0.4, 0.5) is 5.69 Å². The molecule has 146 valence electrons. The normalized spacial score (nSPS) is 11.9. The summed E-state index contributed by atoms with van der Waals surface area (Å²) in [7, 11) is -7.25. The summed E-state index contributed by atoms with van der Waals surface area (Å²) < 4.78 is 51.2. The van der Waals surface area contributed by atoms with Gasteiger partial charge in [0.2, 0.25) is 0 Å². The Balaban J connectivity index is 1.89. The van der Waals surface area contributed by atoms with Gasteiger partial charge >= 0.3 is 0 Å². The van der Waals surface area contributed by atoms with E-state index in [1.807, 2.05) is 0 Å². The molecule has 0 spiro atoms. The average molecular weight is 438 g/mol. The highest BCUT2D eigenvalue weighted by molar-refractivity contribution is 7.92. The fourth-order valence-corrected chi connectivity index (χ4v) is 4.46. The maximum absolute atomic E-state index is 12.5. The SMILES string of the molecule is CCS(=O)(=O)c1ccc(-c2cccc(NS(=O)(=O)c3cccc(Cl)c3)c2)nn1. The van der Waals surface area contributed by atoms with E-state index in [-0.39, 0.29) is 15.7 Å². The molecule has 10 heteroatoms. The third kappa shape index (κ3) is 4.49. The van der Waals surface area contributed by atoms with E-state index in [1.54, 1.807) is 36.4 Å². The molecule has 0 saturated carbocycles. The Morgan fingerprint density at radius 2 is 1.68 bits per heavy atom. The number of benzene rings is 2. The molecule has 0 unspecified atom stereocenters. The molecule has 1 aromatic heterocycles. The first-order chi connectivity index (χ1) is 13.2. The Morgan fingerprint density at radius 1 is 0.929 bits per heavy atom. The van der Waals surface area contributed by atoms with Crippen molar-refractivity contribution in [1.29, 1.82) is 0 Å². The molecule has 0 aliphatic rings. The van der Waals surface area contributed by atoms with E-state index in [0.717, 1.165) is 0 Å². The largest absolute Gasteiger partial charge is 0.280 e. The van der Waals surface area contributed by atoms with Crippen molar-refractivity contribution in [3.63, 3.8) is 0 Å². The predicted molar refractivity (Wildman–Crippen MR) is 107 cm³/mol. The van der Waals surface area contributed by atoms with Crippen molar-refractivity contribution >= 4 is 37.1 Å². The maximum Gasteiger partial charge on any atom is 0.261 e. The molecule has 1 N–H and O–H groups in total. The van der Waals surface area contributed by atoms with Crippen LogP contribution >= 0.6 is 11.6 Å². The fourth-order valence-electron chi connectivity index (χ4n) is 2.38. The number of sulfonamides is 1. The molecule has 0 radical (unpaired) electrons. The lowest BCUT2D eigenvalue weighted by Gasteiger charge is -2.10. The lowest BCUT2D eigenvalue weighted by atomic mass is 10.1.